The summed E-state index contributed by atoms with van der Waals surface area (Å²) in [5.41, 5.74) is -0.325. The molecule has 0 saturated carbocycles. The van der Waals surface area contributed by atoms with E-state index in [4.69, 9.17) is 4.84 Å². The molecule has 10 nitrogen and oxygen atoms in total. The fourth-order valence-electron chi connectivity index (χ4n) is 1.93. The van der Waals surface area contributed by atoms with Crippen molar-refractivity contribution in [1.82, 2.24) is 15.3 Å². The van der Waals surface area contributed by atoms with E-state index in [-0.39, 0.29) is 5.56 Å². The third-order valence-corrected chi connectivity index (χ3v) is 3.15. The van der Waals surface area contributed by atoms with Gasteiger partial charge < -0.3 is 30.5 Å². The van der Waals surface area contributed by atoms with Gasteiger partial charge in [-0.3, -0.25) is 9.78 Å². The van der Waals surface area contributed by atoms with Crippen LogP contribution in [0.5, 0.6) is 17.2 Å². The minimum Gasteiger partial charge on any atom is -0.504 e. The molecule has 0 bridgehead atoms. The summed E-state index contributed by atoms with van der Waals surface area (Å²) in [4.78, 5) is 31.8. The van der Waals surface area contributed by atoms with Crippen LogP contribution in [0.25, 0.3) is 0 Å². The van der Waals surface area contributed by atoms with E-state index in [0.29, 0.717) is 31.8 Å². The molecule has 0 atom stereocenters. The molecule has 0 radical (unpaired) electrons. The van der Waals surface area contributed by atoms with Crippen LogP contribution < -0.4 is 16.6 Å². The number of aromatic nitrogens is 2. The predicted octanol–water partition coefficient (Wildman–Crippen LogP) is -0.290. The number of benzene rings is 1. The van der Waals surface area contributed by atoms with Gasteiger partial charge in [0.2, 0.25) is 5.75 Å². The summed E-state index contributed by atoms with van der Waals surface area (Å²) in [6, 6.07) is 3.90. The first-order chi connectivity index (χ1) is 12.0. The molecule has 0 aliphatic rings. The molecule has 134 valence electrons. The maximum Gasteiger partial charge on any atom is 0.325 e. The van der Waals surface area contributed by atoms with Crippen molar-refractivity contribution in [3.8, 4) is 17.2 Å². The van der Waals surface area contributed by atoms with Gasteiger partial charge in [0.15, 0.2) is 11.5 Å². The number of aromatic hydroxyl groups is 3. The Morgan fingerprint density at radius 1 is 1.16 bits per heavy atom. The highest BCUT2D eigenvalue weighted by molar-refractivity contribution is 5.85. The molecule has 1 aromatic heterocycles. The SMILES string of the molecule is O=c1cc(CNCCCO/N=C/c2ccc(O)c(O)c2O)[nH]c(=O)[nH]1. The zero-order valence-electron chi connectivity index (χ0n) is 13.2. The highest BCUT2D eigenvalue weighted by Crippen LogP contribution is 2.36. The Morgan fingerprint density at radius 3 is 2.72 bits per heavy atom. The number of hydrogen-bond donors (Lipinski definition) is 6. The summed E-state index contributed by atoms with van der Waals surface area (Å²) in [7, 11) is 0. The second kappa shape index (κ2) is 8.55. The van der Waals surface area contributed by atoms with E-state index in [0.717, 1.165) is 0 Å². The number of rotatable bonds is 8. The monoisotopic (exact) mass is 350 g/mol. The lowest BCUT2D eigenvalue weighted by Gasteiger charge is -2.04. The number of oxime groups is 1. The minimum absolute atomic E-state index is 0.201. The summed E-state index contributed by atoms with van der Waals surface area (Å²) >= 11 is 0. The molecule has 0 aliphatic heterocycles. The van der Waals surface area contributed by atoms with E-state index >= 15 is 0 Å². The topological polar surface area (TPSA) is 160 Å². The quantitative estimate of drug-likeness (QED) is 0.165. The Labute approximate surface area is 141 Å². The fraction of sp³-hybridized carbons (Fsp3) is 0.267. The molecule has 0 fully saturated rings. The van der Waals surface area contributed by atoms with Crippen LogP contribution in [0.3, 0.4) is 0 Å². The lowest BCUT2D eigenvalue weighted by Crippen LogP contribution is -2.26. The third kappa shape index (κ3) is 5.39. The van der Waals surface area contributed by atoms with Crippen LogP contribution in [0.15, 0.2) is 32.9 Å². The van der Waals surface area contributed by atoms with E-state index in [2.05, 4.69) is 20.4 Å². The summed E-state index contributed by atoms with van der Waals surface area (Å²) < 4.78 is 0. The van der Waals surface area contributed by atoms with Crippen molar-refractivity contribution >= 4 is 6.21 Å². The van der Waals surface area contributed by atoms with Crippen LogP contribution in [0.1, 0.15) is 17.7 Å². The van der Waals surface area contributed by atoms with Crippen molar-refractivity contribution in [2.24, 2.45) is 5.16 Å². The van der Waals surface area contributed by atoms with Gasteiger partial charge in [-0.05, 0) is 25.1 Å². The average molecular weight is 350 g/mol. The van der Waals surface area contributed by atoms with Crippen molar-refractivity contribution < 1.29 is 20.2 Å². The van der Waals surface area contributed by atoms with Crippen molar-refractivity contribution in [2.45, 2.75) is 13.0 Å². The first kappa shape index (κ1) is 18.1. The average Bonchev–Trinajstić information content (AvgIpc) is 2.56. The summed E-state index contributed by atoms with van der Waals surface area (Å²) in [5.74, 6) is -1.53. The molecule has 0 spiro atoms. The van der Waals surface area contributed by atoms with E-state index in [1.807, 2.05) is 0 Å². The highest BCUT2D eigenvalue weighted by Gasteiger charge is 2.09. The van der Waals surface area contributed by atoms with Gasteiger partial charge in [0.1, 0.15) is 6.61 Å². The molecule has 25 heavy (non-hydrogen) atoms. The molecule has 6 N–H and O–H groups in total. The van der Waals surface area contributed by atoms with Gasteiger partial charge in [-0.2, -0.15) is 0 Å². The molecule has 2 aromatic rings. The number of aromatic amines is 2. The molecule has 10 heteroatoms. The summed E-state index contributed by atoms with van der Waals surface area (Å²) in [6.45, 7) is 1.19. The summed E-state index contributed by atoms with van der Waals surface area (Å²) in [6.07, 6.45) is 1.82. The Bertz CT molecular complexity index is 830. The van der Waals surface area contributed by atoms with Crippen molar-refractivity contribution in [3.05, 3.63) is 50.3 Å². The Balaban J connectivity index is 1.67. The lowest BCUT2D eigenvalue weighted by molar-refractivity contribution is 0.143. The van der Waals surface area contributed by atoms with Crippen LogP contribution in [-0.2, 0) is 11.4 Å². The molecular weight excluding hydrogens is 332 g/mol. The first-order valence-corrected chi connectivity index (χ1v) is 7.40. The predicted molar refractivity (Wildman–Crippen MR) is 89.0 cm³/mol. The second-order valence-electron chi connectivity index (χ2n) is 5.08. The van der Waals surface area contributed by atoms with Crippen LogP contribution in [-0.4, -0.2) is 44.7 Å². The zero-order valence-corrected chi connectivity index (χ0v) is 13.2. The standard InChI is InChI=1S/C15H18N4O6/c20-11-3-2-9(13(22)14(11)23)7-17-25-5-1-4-16-8-10-6-12(21)19-15(24)18-10/h2-3,6-7,16,20,22-23H,1,4-5,8H2,(H2,18,19,21,24)/b17-7+. The first-order valence-electron chi connectivity index (χ1n) is 7.40. The van der Waals surface area contributed by atoms with Crippen LogP contribution in [0.4, 0.5) is 0 Å². The van der Waals surface area contributed by atoms with Crippen molar-refractivity contribution in [1.29, 1.82) is 0 Å². The second-order valence-corrected chi connectivity index (χ2v) is 5.08. The molecule has 0 unspecified atom stereocenters. The van der Waals surface area contributed by atoms with Gasteiger partial charge in [0, 0.05) is 23.9 Å². The Hall–Kier alpha value is -3.27. The maximum absolute atomic E-state index is 11.1. The van der Waals surface area contributed by atoms with E-state index in [1.165, 1.54) is 24.4 Å². The minimum atomic E-state index is -0.619. The van der Waals surface area contributed by atoms with E-state index in [1.54, 1.807) is 0 Å². The van der Waals surface area contributed by atoms with Crippen LogP contribution in [0.2, 0.25) is 0 Å². The fourth-order valence-corrected chi connectivity index (χ4v) is 1.93. The smallest absolute Gasteiger partial charge is 0.325 e. The Morgan fingerprint density at radius 2 is 1.96 bits per heavy atom. The highest BCUT2D eigenvalue weighted by atomic mass is 16.6. The van der Waals surface area contributed by atoms with Crippen molar-refractivity contribution in [2.75, 3.05) is 13.2 Å². The molecular formula is C15H18N4O6. The number of phenolic OH excluding ortho intramolecular Hbond substituents is 3. The van der Waals surface area contributed by atoms with Gasteiger partial charge >= 0.3 is 5.69 Å². The van der Waals surface area contributed by atoms with Gasteiger partial charge in [-0.25, -0.2) is 4.79 Å². The van der Waals surface area contributed by atoms with Gasteiger partial charge in [0.25, 0.3) is 5.56 Å². The molecule has 1 heterocycles. The van der Waals surface area contributed by atoms with Crippen LogP contribution in [0, 0.1) is 0 Å². The lowest BCUT2D eigenvalue weighted by atomic mass is 10.2. The van der Waals surface area contributed by atoms with Crippen LogP contribution >= 0.6 is 0 Å². The molecule has 2 rings (SSSR count). The van der Waals surface area contributed by atoms with E-state index in [9.17, 15) is 24.9 Å². The number of phenols is 3. The number of H-pyrrole nitrogens is 2. The van der Waals surface area contributed by atoms with Gasteiger partial charge in [-0.1, -0.05) is 5.16 Å². The zero-order chi connectivity index (χ0) is 18.2. The number of hydrogen-bond acceptors (Lipinski definition) is 8. The molecule has 1 aromatic carbocycles. The molecule has 0 saturated heterocycles. The number of nitrogens with one attached hydrogen (secondary N) is 3. The third-order valence-electron chi connectivity index (χ3n) is 3.15. The maximum atomic E-state index is 11.1. The van der Waals surface area contributed by atoms with Gasteiger partial charge in [-0.15, -0.1) is 0 Å². The molecule has 0 amide bonds. The van der Waals surface area contributed by atoms with Crippen molar-refractivity contribution in [3.63, 3.8) is 0 Å². The Kier molecular flexibility index (Phi) is 6.18. The largest absolute Gasteiger partial charge is 0.504 e. The van der Waals surface area contributed by atoms with E-state index < -0.39 is 28.5 Å². The summed E-state index contributed by atoms with van der Waals surface area (Å²) in [5, 5.41) is 34.8. The normalized spacial score (nSPS) is 11.0. The number of nitrogens with zero attached hydrogens (tertiary/aromatic N) is 1. The molecule has 0 aliphatic carbocycles. The van der Waals surface area contributed by atoms with Gasteiger partial charge in [0.05, 0.1) is 6.21 Å².